The van der Waals surface area contributed by atoms with E-state index in [1.54, 1.807) is 0 Å². The zero-order chi connectivity index (χ0) is 13.7. The molecule has 18 heavy (non-hydrogen) atoms. The van der Waals surface area contributed by atoms with Gasteiger partial charge in [-0.15, -0.1) is 0 Å². The molecule has 0 aliphatic heterocycles. The van der Waals surface area contributed by atoms with Gasteiger partial charge in [0.05, 0.1) is 0 Å². The second-order valence-corrected chi connectivity index (χ2v) is 5.73. The molecule has 1 aromatic carbocycles. The van der Waals surface area contributed by atoms with Gasteiger partial charge >= 0.3 is 0 Å². The molecule has 0 radical (unpaired) electrons. The monoisotopic (exact) mass is 311 g/mol. The fourth-order valence-corrected chi connectivity index (χ4v) is 2.12. The van der Waals surface area contributed by atoms with Gasteiger partial charge in [-0.2, -0.15) is 0 Å². The largest absolute Gasteiger partial charge is 0.336 e. The summed E-state index contributed by atoms with van der Waals surface area (Å²) in [6.45, 7) is 9.04. The number of hydrogen-bond acceptors (Lipinski definition) is 1. The fraction of sp³-hybridized carbons (Fsp3) is 0.533. The van der Waals surface area contributed by atoms with Crippen molar-refractivity contribution in [2.75, 3.05) is 11.9 Å². The molecule has 1 amide bonds. The summed E-state index contributed by atoms with van der Waals surface area (Å²) in [7, 11) is 0. The fourth-order valence-electron chi connectivity index (χ4n) is 1.86. The van der Waals surface area contributed by atoms with Crippen LogP contribution in [-0.4, -0.2) is 28.7 Å². The van der Waals surface area contributed by atoms with Crippen LogP contribution < -0.4 is 0 Å². The van der Waals surface area contributed by atoms with Crippen molar-refractivity contribution in [3.63, 3.8) is 0 Å². The Morgan fingerprint density at radius 2 is 1.94 bits per heavy atom. The van der Waals surface area contributed by atoms with Gasteiger partial charge in [0.2, 0.25) is 0 Å². The van der Waals surface area contributed by atoms with E-state index in [1.165, 1.54) is 11.1 Å². The average molecular weight is 312 g/mol. The van der Waals surface area contributed by atoms with Crippen LogP contribution in [0.25, 0.3) is 0 Å². The normalized spacial score (nSPS) is 10.8. The Hall–Kier alpha value is -0.830. The highest BCUT2D eigenvalue weighted by Gasteiger charge is 2.18. The quantitative estimate of drug-likeness (QED) is 0.754. The molecule has 0 saturated carbocycles. The first-order valence-corrected chi connectivity index (χ1v) is 7.53. The molecular formula is C15H22BrNO. The molecule has 0 atom stereocenters. The predicted octanol–water partition coefficient (Wildman–Crippen LogP) is 3.94. The molecule has 0 N–H and O–H groups in total. The highest BCUT2D eigenvalue weighted by atomic mass is 79.9. The summed E-state index contributed by atoms with van der Waals surface area (Å²) in [6.07, 6.45) is 0.981. The summed E-state index contributed by atoms with van der Waals surface area (Å²) < 4.78 is 0. The third-order valence-corrected chi connectivity index (χ3v) is 3.73. The number of halogens is 1. The summed E-state index contributed by atoms with van der Waals surface area (Å²) in [4.78, 5) is 14.4. The van der Waals surface area contributed by atoms with Crippen LogP contribution in [0.2, 0.25) is 0 Å². The Morgan fingerprint density at radius 1 is 1.28 bits per heavy atom. The number of rotatable bonds is 5. The summed E-state index contributed by atoms with van der Waals surface area (Å²) >= 11 is 3.42. The van der Waals surface area contributed by atoms with Crippen molar-refractivity contribution in [2.45, 2.75) is 40.2 Å². The first-order valence-electron chi connectivity index (χ1n) is 6.41. The smallest absolute Gasteiger partial charge is 0.254 e. The lowest BCUT2D eigenvalue weighted by Crippen LogP contribution is -2.37. The SMILES string of the molecule is Cc1ccc(C(=O)N(CCCBr)C(C)C)cc1C. The minimum absolute atomic E-state index is 0.133. The maximum absolute atomic E-state index is 12.5. The topological polar surface area (TPSA) is 20.3 Å². The van der Waals surface area contributed by atoms with Gasteiger partial charge in [-0.05, 0) is 57.4 Å². The summed E-state index contributed by atoms with van der Waals surface area (Å²) in [5.74, 6) is 0.133. The zero-order valence-electron chi connectivity index (χ0n) is 11.7. The van der Waals surface area contributed by atoms with Gasteiger partial charge < -0.3 is 4.90 Å². The molecule has 1 aromatic rings. The molecule has 2 nitrogen and oxygen atoms in total. The summed E-state index contributed by atoms with van der Waals surface area (Å²) in [5.41, 5.74) is 3.19. The number of aryl methyl sites for hydroxylation is 2. The Kier molecular flexibility index (Phi) is 5.86. The number of amides is 1. The van der Waals surface area contributed by atoms with E-state index in [4.69, 9.17) is 0 Å². The number of nitrogens with zero attached hydrogens (tertiary/aromatic N) is 1. The van der Waals surface area contributed by atoms with Crippen LogP contribution in [0.3, 0.4) is 0 Å². The maximum Gasteiger partial charge on any atom is 0.254 e. The summed E-state index contributed by atoms with van der Waals surface area (Å²) in [5, 5.41) is 0.927. The van der Waals surface area contributed by atoms with Crippen LogP contribution >= 0.6 is 15.9 Å². The second kappa shape index (κ2) is 6.93. The molecule has 0 aliphatic rings. The van der Waals surface area contributed by atoms with Crippen molar-refractivity contribution < 1.29 is 4.79 Å². The van der Waals surface area contributed by atoms with E-state index in [9.17, 15) is 4.79 Å². The van der Waals surface area contributed by atoms with E-state index in [2.05, 4.69) is 36.7 Å². The van der Waals surface area contributed by atoms with Gasteiger partial charge in [0, 0.05) is 23.5 Å². The van der Waals surface area contributed by atoms with E-state index in [0.717, 1.165) is 23.9 Å². The molecule has 0 heterocycles. The number of carbonyl (C=O) groups is 1. The Balaban J connectivity index is 2.91. The van der Waals surface area contributed by atoms with E-state index in [1.807, 2.05) is 30.0 Å². The number of hydrogen-bond donors (Lipinski definition) is 0. The van der Waals surface area contributed by atoms with Crippen LogP contribution in [0.4, 0.5) is 0 Å². The third kappa shape index (κ3) is 3.84. The average Bonchev–Trinajstić information content (AvgIpc) is 2.32. The van der Waals surface area contributed by atoms with Gasteiger partial charge in [-0.1, -0.05) is 22.0 Å². The van der Waals surface area contributed by atoms with Crippen molar-refractivity contribution in [3.8, 4) is 0 Å². The molecule has 100 valence electrons. The molecule has 3 heteroatoms. The van der Waals surface area contributed by atoms with Crippen molar-refractivity contribution in [3.05, 3.63) is 34.9 Å². The second-order valence-electron chi connectivity index (χ2n) is 4.93. The van der Waals surface area contributed by atoms with Gasteiger partial charge in [-0.3, -0.25) is 4.79 Å². The maximum atomic E-state index is 12.5. The Morgan fingerprint density at radius 3 is 2.44 bits per heavy atom. The van der Waals surface area contributed by atoms with Crippen molar-refractivity contribution in [1.29, 1.82) is 0 Å². The lowest BCUT2D eigenvalue weighted by Gasteiger charge is -2.27. The van der Waals surface area contributed by atoms with E-state index < -0.39 is 0 Å². The number of benzene rings is 1. The van der Waals surface area contributed by atoms with E-state index >= 15 is 0 Å². The predicted molar refractivity (Wildman–Crippen MR) is 80.5 cm³/mol. The molecule has 0 fully saturated rings. The van der Waals surface area contributed by atoms with Gasteiger partial charge in [0.15, 0.2) is 0 Å². The molecule has 0 aliphatic carbocycles. The summed E-state index contributed by atoms with van der Waals surface area (Å²) in [6, 6.07) is 6.17. The standard InChI is InChI=1S/C15H22BrNO/c1-11(2)17(9-5-8-16)15(18)14-7-6-12(3)13(4)10-14/h6-7,10-11H,5,8-9H2,1-4H3. The molecule has 0 bridgehead atoms. The molecule has 0 spiro atoms. The number of alkyl halides is 1. The van der Waals surface area contributed by atoms with Gasteiger partial charge in [-0.25, -0.2) is 0 Å². The Bertz CT molecular complexity index is 415. The van der Waals surface area contributed by atoms with Crippen LogP contribution in [0.15, 0.2) is 18.2 Å². The van der Waals surface area contributed by atoms with Crippen LogP contribution in [0.5, 0.6) is 0 Å². The highest BCUT2D eigenvalue weighted by Crippen LogP contribution is 2.14. The lowest BCUT2D eigenvalue weighted by molar-refractivity contribution is 0.0706. The van der Waals surface area contributed by atoms with Crippen molar-refractivity contribution in [2.24, 2.45) is 0 Å². The van der Waals surface area contributed by atoms with Crippen molar-refractivity contribution >= 4 is 21.8 Å². The number of carbonyl (C=O) groups excluding carboxylic acids is 1. The van der Waals surface area contributed by atoms with Gasteiger partial charge in [0.25, 0.3) is 5.91 Å². The van der Waals surface area contributed by atoms with E-state index in [0.29, 0.717) is 0 Å². The van der Waals surface area contributed by atoms with Crippen molar-refractivity contribution in [1.82, 2.24) is 4.90 Å². The van der Waals surface area contributed by atoms with Crippen LogP contribution in [0, 0.1) is 13.8 Å². The molecule has 0 aromatic heterocycles. The Labute approximate surface area is 119 Å². The first kappa shape index (κ1) is 15.2. The molecule has 0 saturated heterocycles. The lowest BCUT2D eigenvalue weighted by atomic mass is 10.0. The van der Waals surface area contributed by atoms with E-state index in [-0.39, 0.29) is 11.9 Å². The first-order chi connectivity index (χ1) is 8.47. The van der Waals surface area contributed by atoms with Crippen LogP contribution in [0.1, 0.15) is 41.8 Å². The minimum atomic E-state index is 0.133. The molecule has 1 rings (SSSR count). The minimum Gasteiger partial charge on any atom is -0.336 e. The third-order valence-electron chi connectivity index (χ3n) is 3.17. The molecular weight excluding hydrogens is 290 g/mol. The molecule has 0 unspecified atom stereocenters. The zero-order valence-corrected chi connectivity index (χ0v) is 13.3. The highest BCUT2D eigenvalue weighted by molar-refractivity contribution is 9.09. The van der Waals surface area contributed by atoms with Gasteiger partial charge in [0.1, 0.15) is 0 Å². The van der Waals surface area contributed by atoms with Crippen LogP contribution in [-0.2, 0) is 0 Å².